The van der Waals surface area contributed by atoms with Crippen LogP contribution in [0.1, 0.15) is 90.9 Å². The summed E-state index contributed by atoms with van der Waals surface area (Å²) in [7, 11) is -9.17. The van der Waals surface area contributed by atoms with E-state index in [0.29, 0.717) is 12.8 Å². The molecule has 0 spiro atoms. The van der Waals surface area contributed by atoms with Crippen molar-refractivity contribution in [2.75, 3.05) is 13.2 Å². The van der Waals surface area contributed by atoms with E-state index >= 15 is 0 Å². The lowest BCUT2D eigenvalue weighted by molar-refractivity contribution is 0.136. The molecule has 0 fully saturated rings. The molecule has 0 aromatic heterocycles. The maximum Gasteiger partial charge on any atom is 0.483 e. The van der Waals surface area contributed by atoms with Gasteiger partial charge in [-0.2, -0.15) is 4.31 Å². The summed E-state index contributed by atoms with van der Waals surface area (Å²) in [4.78, 5) is 17.8. The Labute approximate surface area is 152 Å². The lowest BCUT2D eigenvalue weighted by Crippen LogP contribution is -2.02. The van der Waals surface area contributed by atoms with E-state index in [9.17, 15) is 9.13 Å². The molecular formula is C16H36O7P2. The molecule has 2 N–H and O–H groups in total. The van der Waals surface area contributed by atoms with Crippen LogP contribution in [0, 0.1) is 0 Å². The second kappa shape index (κ2) is 15.3. The number of phosphoric ester groups is 1. The van der Waals surface area contributed by atoms with Crippen molar-refractivity contribution in [1.82, 2.24) is 0 Å². The van der Waals surface area contributed by atoms with Gasteiger partial charge in [0.1, 0.15) is 0 Å². The molecule has 0 saturated carbocycles. The molecule has 25 heavy (non-hydrogen) atoms. The topological polar surface area (TPSA) is 102 Å². The molecule has 0 saturated heterocycles. The molecule has 0 atom stereocenters. The zero-order valence-corrected chi connectivity index (χ0v) is 17.5. The van der Waals surface area contributed by atoms with Gasteiger partial charge >= 0.3 is 15.6 Å². The largest absolute Gasteiger partial charge is 0.483 e. The lowest BCUT2D eigenvalue weighted by Gasteiger charge is -2.18. The smallest absolute Gasteiger partial charge is 0.302 e. The van der Waals surface area contributed by atoms with Crippen molar-refractivity contribution < 1.29 is 32.3 Å². The number of hydrogen-bond donors (Lipinski definition) is 2. The molecule has 9 heteroatoms. The predicted molar refractivity (Wildman–Crippen MR) is 99.4 cm³/mol. The Morgan fingerprint density at radius 1 is 0.640 bits per heavy atom. The van der Waals surface area contributed by atoms with Crippen molar-refractivity contribution in [1.29, 1.82) is 0 Å². The Bertz CT molecular complexity index is 376. The Hall–Kier alpha value is 0.260. The average molecular weight is 402 g/mol. The zero-order chi connectivity index (χ0) is 19.0. The lowest BCUT2D eigenvalue weighted by atomic mass is 10.1. The van der Waals surface area contributed by atoms with Crippen LogP contribution in [0.25, 0.3) is 0 Å². The maximum absolute atomic E-state index is 12.3. The van der Waals surface area contributed by atoms with Gasteiger partial charge in [0.25, 0.3) is 0 Å². The van der Waals surface area contributed by atoms with Gasteiger partial charge in [-0.1, -0.05) is 78.1 Å². The molecule has 0 aliphatic heterocycles. The van der Waals surface area contributed by atoms with E-state index < -0.39 is 15.6 Å². The summed E-state index contributed by atoms with van der Waals surface area (Å²) in [6, 6.07) is 0. The first kappa shape index (κ1) is 25.3. The van der Waals surface area contributed by atoms with Gasteiger partial charge in [-0.05, 0) is 12.8 Å². The van der Waals surface area contributed by atoms with E-state index in [2.05, 4.69) is 18.2 Å². The van der Waals surface area contributed by atoms with Crippen LogP contribution in [0.3, 0.4) is 0 Å². The molecular weight excluding hydrogens is 366 g/mol. The standard InChI is InChI=1S/C16H36O7P2/c1-3-5-7-9-11-13-15-21-25(20,23-24(17,18)19)22-16-14-12-10-8-6-4-2/h3-16H2,1-2H3,(H2,17,18,19). The van der Waals surface area contributed by atoms with Gasteiger partial charge in [0.05, 0.1) is 13.2 Å². The monoisotopic (exact) mass is 402 g/mol. The van der Waals surface area contributed by atoms with E-state index in [1.54, 1.807) is 0 Å². The SMILES string of the molecule is CCCCCCCCOP(=O)(OCCCCCCCC)OP(=O)(O)O. The van der Waals surface area contributed by atoms with Gasteiger partial charge in [-0.25, -0.2) is 9.13 Å². The predicted octanol–water partition coefficient (Wildman–Crippen LogP) is 5.96. The summed E-state index contributed by atoms with van der Waals surface area (Å²) in [6.07, 6.45) is 12.2. The average Bonchev–Trinajstić information content (AvgIpc) is 2.51. The van der Waals surface area contributed by atoms with Crippen molar-refractivity contribution in [3.63, 3.8) is 0 Å². The van der Waals surface area contributed by atoms with Crippen LogP contribution < -0.4 is 0 Å². The highest BCUT2D eigenvalue weighted by molar-refractivity contribution is 7.61. The number of hydrogen-bond acceptors (Lipinski definition) is 5. The first-order valence-electron chi connectivity index (χ1n) is 9.49. The van der Waals surface area contributed by atoms with Crippen molar-refractivity contribution in [2.45, 2.75) is 90.9 Å². The van der Waals surface area contributed by atoms with Crippen molar-refractivity contribution in [2.24, 2.45) is 0 Å². The van der Waals surface area contributed by atoms with Crippen molar-refractivity contribution in [3.05, 3.63) is 0 Å². The number of unbranched alkanes of at least 4 members (excludes halogenated alkanes) is 10. The highest BCUT2D eigenvalue weighted by atomic mass is 31.3. The molecule has 0 amide bonds. The van der Waals surface area contributed by atoms with Crippen LogP contribution in [0.15, 0.2) is 0 Å². The van der Waals surface area contributed by atoms with Gasteiger partial charge in [0.2, 0.25) is 0 Å². The van der Waals surface area contributed by atoms with Crippen LogP contribution in [0.4, 0.5) is 0 Å². The van der Waals surface area contributed by atoms with Gasteiger partial charge in [-0.3, -0.25) is 9.05 Å². The van der Waals surface area contributed by atoms with Crippen LogP contribution in [-0.2, 0) is 22.5 Å². The summed E-state index contributed by atoms with van der Waals surface area (Å²) >= 11 is 0. The molecule has 0 rings (SSSR count). The third kappa shape index (κ3) is 17.4. The van der Waals surface area contributed by atoms with Gasteiger partial charge in [0.15, 0.2) is 0 Å². The number of phosphoric acid groups is 2. The normalized spacial score (nSPS) is 12.6. The van der Waals surface area contributed by atoms with Crippen LogP contribution in [0.2, 0.25) is 0 Å². The van der Waals surface area contributed by atoms with E-state index in [-0.39, 0.29) is 13.2 Å². The van der Waals surface area contributed by atoms with Gasteiger partial charge < -0.3 is 9.79 Å². The maximum atomic E-state index is 12.3. The summed E-state index contributed by atoms with van der Waals surface area (Å²) < 4.78 is 37.8. The fourth-order valence-electron chi connectivity index (χ4n) is 2.33. The molecule has 0 aromatic carbocycles. The van der Waals surface area contributed by atoms with Gasteiger partial charge in [0, 0.05) is 0 Å². The third-order valence-electron chi connectivity index (χ3n) is 3.70. The molecule has 0 aliphatic rings. The molecule has 0 radical (unpaired) electrons. The first-order valence-corrected chi connectivity index (χ1v) is 12.5. The third-order valence-corrected chi connectivity index (χ3v) is 6.35. The summed E-state index contributed by atoms with van der Waals surface area (Å²) in [6.45, 7) is 4.47. The fourth-order valence-corrected chi connectivity index (χ4v) is 4.53. The fraction of sp³-hybridized carbons (Fsp3) is 1.00. The minimum absolute atomic E-state index is 0.0971. The minimum Gasteiger partial charge on any atom is -0.302 e. The number of rotatable bonds is 18. The zero-order valence-electron chi connectivity index (χ0n) is 15.7. The van der Waals surface area contributed by atoms with E-state index in [1.165, 1.54) is 12.8 Å². The van der Waals surface area contributed by atoms with Crippen LogP contribution in [-0.4, -0.2) is 23.0 Å². The van der Waals surface area contributed by atoms with Crippen LogP contribution in [0.5, 0.6) is 0 Å². The summed E-state index contributed by atoms with van der Waals surface area (Å²) in [5.41, 5.74) is 0. The second-order valence-electron chi connectivity index (χ2n) is 6.22. The molecule has 0 unspecified atom stereocenters. The minimum atomic E-state index is -4.94. The van der Waals surface area contributed by atoms with E-state index in [1.807, 2.05) is 0 Å². The summed E-state index contributed by atoms with van der Waals surface area (Å²) in [5, 5.41) is 0. The Morgan fingerprint density at radius 3 is 1.36 bits per heavy atom. The first-order chi connectivity index (χ1) is 11.8. The quantitative estimate of drug-likeness (QED) is 0.215. The van der Waals surface area contributed by atoms with E-state index in [0.717, 1.165) is 51.4 Å². The Kier molecular flexibility index (Phi) is 15.5. The highest BCUT2D eigenvalue weighted by Crippen LogP contribution is 2.61. The molecule has 0 bridgehead atoms. The molecule has 0 aromatic rings. The molecule has 7 nitrogen and oxygen atoms in total. The van der Waals surface area contributed by atoms with Crippen molar-refractivity contribution in [3.8, 4) is 0 Å². The summed E-state index contributed by atoms with van der Waals surface area (Å²) in [5.74, 6) is 0. The molecule has 0 aliphatic carbocycles. The Morgan fingerprint density at radius 2 is 1.00 bits per heavy atom. The van der Waals surface area contributed by atoms with Crippen LogP contribution >= 0.6 is 15.6 Å². The molecule has 0 heterocycles. The second-order valence-corrected chi connectivity index (χ2v) is 9.27. The van der Waals surface area contributed by atoms with Crippen molar-refractivity contribution >= 4 is 15.6 Å². The molecule has 152 valence electrons. The van der Waals surface area contributed by atoms with Gasteiger partial charge in [-0.15, -0.1) is 0 Å². The van der Waals surface area contributed by atoms with E-state index in [4.69, 9.17) is 18.8 Å². The Balaban J connectivity index is 4.08. The highest BCUT2D eigenvalue weighted by Gasteiger charge is 2.35.